The van der Waals surface area contributed by atoms with Gasteiger partial charge in [0.25, 0.3) is 0 Å². The summed E-state index contributed by atoms with van der Waals surface area (Å²) >= 11 is 0. The molecule has 6 nitrogen and oxygen atoms in total. The highest BCUT2D eigenvalue weighted by molar-refractivity contribution is 5.51. The number of aliphatic hydroxyl groups excluding tert-OH is 5. The van der Waals surface area contributed by atoms with Crippen LogP contribution < -0.4 is 0 Å². The molecule has 0 spiro atoms. The first-order valence-corrected chi connectivity index (χ1v) is 5.84. The quantitative estimate of drug-likeness (QED) is 0.457. The van der Waals surface area contributed by atoms with Gasteiger partial charge in [-0.1, -0.05) is 30.3 Å². The molecule has 0 unspecified atom stereocenters. The molecule has 1 aliphatic rings. The number of hydrogen-bond donors (Lipinski definition) is 5. The second-order valence-electron chi connectivity index (χ2n) is 4.40. The monoisotopic (exact) mass is 268 g/mol. The van der Waals surface area contributed by atoms with Crippen LogP contribution in [0.4, 0.5) is 0 Å². The third-order valence-corrected chi connectivity index (χ3v) is 2.99. The molecule has 2 rings (SSSR count). The molecular weight excluding hydrogens is 252 g/mol. The summed E-state index contributed by atoms with van der Waals surface area (Å²) in [7, 11) is 0. The minimum Gasteiger partial charge on any atom is -0.509 e. The first kappa shape index (κ1) is 14.0. The van der Waals surface area contributed by atoms with Crippen LogP contribution in [0.2, 0.25) is 0 Å². The maximum atomic E-state index is 9.89. The van der Waals surface area contributed by atoms with E-state index in [2.05, 4.69) is 0 Å². The maximum Gasteiger partial charge on any atom is 0.184 e. The fourth-order valence-electron chi connectivity index (χ4n) is 1.91. The van der Waals surface area contributed by atoms with E-state index in [0.717, 1.165) is 0 Å². The largest absolute Gasteiger partial charge is 0.509 e. The molecule has 0 bridgehead atoms. The highest BCUT2D eigenvalue weighted by Gasteiger charge is 2.44. The van der Waals surface area contributed by atoms with E-state index in [1.165, 1.54) is 6.08 Å². The van der Waals surface area contributed by atoms with Crippen LogP contribution in [-0.2, 0) is 4.74 Å². The molecule has 0 aromatic heterocycles. The standard InChI is InChI=1S/C13H16O6/c14-8(6-7-4-2-1-3-5-7)12-10(16)9(15)11(17)13(18)19-12/h1-6,9-18H/t9-,10-,11+,12+,13+/m0/s1. The van der Waals surface area contributed by atoms with E-state index in [4.69, 9.17) is 4.74 Å². The smallest absolute Gasteiger partial charge is 0.184 e. The van der Waals surface area contributed by atoms with E-state index < -0.39 is 30.7 Å². The summed E-state index contributed by atoms with van der Waals surface area (Å²) in [4.78, 5) is 0. The number of benzene rings is 1. The number of ether oxygens (including phenoxy) is 1. The van der Waals surface area contributed by atoms with E-state index in [0.29, 0.717) is 5.56 Å². The molecule has 1 fully saturated rings. The fraction of sp³-hybridized carbons (Fsp3) is 0.385. The summed E-state index contributed by atoms with van der Waals surface area (Å²) in [5, 5.41) is 47.8. The van der Waals surface area contributed by atoms with Crippen molar-refractivity contribution in [3.8, 4) is 0 Å². The molecule has 1 saturated heterocycles. The molecule has 1 heterocycles. The van der Waals surface area contributed by atoms with E-state index in [9.17, 15) is 25.5 Å². The summed E-state index contributed by atoms with van der Waals surface area (Å²) in [6.45, 7) is 0. The molecule has 1 aliphatic heterocycles. The second kappa shape index (κ2) is 5.68. The zero-order valence-corrected chi connectivity index (χ0v) is 10.00. The van der Waals surface area contributed by atoms with E-state index in [1.807, 2.05) is 6.07 Å². The number of hydrogen-bond acceptors (Lipinski definition) is 6. The van der Waals surface area contributed by atoms with Crippen molar-refractivity contribution >= 4 is 6.08 Å². The Kier molecular flexibility index (Phi) is 4.18. The van der Waals surface area contributed by atoms with Crippen LogP contribution in [0.3, 0.4) is 0 Å². The molecule has 5 atom stereocenters. The van der Waals surface area contributed by atoms with Gasteiger partial charge in [-0.05, 0) is 11.6 Å². The zero-order valence-electron chi connectivity index (χ0n) is 10.00. The van der Waals surface area contributed by atoms with Gasteiger partial charge >= 0.3 is 0 Å². The normalized spacial score (nSPS) is 36.2. The Bertz CT molecular complexity index is 446. The van der Waals surface area contributed by atoms with Crippen molar-refractivity contribution in [1.29, 1.82) is 0 Å². The molecular formula is C13H16O6. The van der Waals surface area contributed by atoms with Crippen LogP contribution >= 0.6 is 0 Å². The first-order valence-electron chi connectivity index (χ1n) is 5.84. The summed E-state index contributed by atoms with van der Waals surface area (Å²) in [5.74, 6) is -0.344. The van der Waals surface area contributed by atoms with Crippen molar-refractivity contribution in [2.45, 2.75) is 30.7 Å². The lowest BCUT2D eigenvalue weighted by Gasteiger charge is -2.37. The molecule has 19 heavy (non-hydrogen) atoms. The molecule has 0 amide bonds. The predicted molar refractivity (Wildman–Crippen MR) is 65.9 cm³/mol. The van der Waals surface area contributed by atoms with Gasteiger partial charge in [-0.25, -0.2) is 0 Å². The fourth-order valence-corrected chi connectivity index (χ4v) is 1.91. The molecule has 1 aromatic rings. The third kappa shape index (κ3) is 2.94. The Morgan fingerprint density at radius 3 is 2.21 bits per heavy atom. The van der Waals surface area contributed by atoms with Gasteiger partial charge in [0.1, 0.15) is 30.2 Å². The third-order valence-electron chi connectivity index (χ3n) is 2.99. The second-order valence-corrected chi connectivity index (χ2v) is 4.40. The van der Waals surface area contributed by atoms with Crippen molar-refractivity contribution < 1.29 is 30.3 Å². The van der Waals surface area contributed by atoms with Gasteiger partial charge in [-0.15, -0.1) is 0 Å². The first-order chi connectivity index (χ1) is 9.00. The van der Waals surface area contributed by atoms with Crippen molar-refractivity contribution in [1.82, 2.24) is 0 Å². The summed E-state index contributed by atoms with van der Waals surface area (Å²) < 4.78 is 4.89. The molecule has 0 saturated carbocycles. The molecule has 104 valence electrons. The molecule has 5 N–H and O–H groups in total. The topological polar surface area (TPSA) is 110 Å². The lowest BCUT2D eigenvalue weighted by molar-refractivity contribution is -0.277. The Balaban J connectivity index is 2.19. The van der Waals surface area contributed by atoms with Crippen LogP contribution in [-0.4, -0.2) is 56.2 Å². The minimum absolute atomic E-state index is 0.344. The van der Waals surface area contributed by atoms with Crippen LogP contribution in [0.25, 0.3) is 6.08 Å². The average Bonchev–Trinajstić information content (AvgIpc) is 2.41. The Labute approximate surface area is 109 Å². The summed E-state index contributed by atoms with van der Waals surface area (Å²) in [6.07, 6.45) is -6.36. The lowest BCUT2D eigenvalue weighted by Crippen LogP contribution is -2.57. The van der Waals surface area contributed by atoms with Gasteiger partial charge in [0.2, 0.25) is 0 Å². The van der Waals surface area contributed by atoms with Crippen molar-refractivity contribution in [2.75, 3.05) is 0 Å². The van der Waals surface area contributed by atoms with Crippen LogP contribution in [0.5, 0.6) is 0 Å². The van der Waals surface area contributed by atoms with Crippen LogP contribution in [0, 0.1) is 0 Å². The molecule has 6 heteroatoms. The minimum atomic E-state index is -1.67. The Morgan fingerprint density at radius 1 is 0.947 bits per heavy atom. The number of aliphatic hydroxyl groups is 5. The average molecular weight is 268 g/mol. The van der Waals surface area contributed by atoms with Gasteiger partial charge in [0, 0.05) is 0 Å². The van der Waals surface area contributed by atoms with Gasteiger partial charge in [-0.3, -0.25) is 0 Å². The van der Waals surface area contributed by atoms with E-state index in [-0.39, 0.29) is 5.76 Å². The van der Waals surface area contributed by atoms with Crippen molar-refractivity contribution in [3.63, 3.8) is 0 Å². The van der Waals surface area contributed by atoms with Crippen molar-refractivity contribution in [3.05, 3.63) is 41.7 Å². The van der Waals surface area contributed by atoms with Gasteiger partial charge in [0.15, 0.2) is 6.29 Å². The SMILES string of the molecule is OC(=Cc1ccccc1)[C@H]1O[C@@H](O)[C@H](O)[C@@H](O)[C@@H]1O. The van der Waals surface area contributed by atoms with Crippen LogP contribution in [0.15, 0.2) is 36.1 Å². The maximum absolute atomic E-state index is 9.89. The van der Waals surface area contributed by atoms with Crippen LogP contribution in [0.1, 0.15) is 5.56 Å². The highest BCUT2D eigenvalue weighted by atomic mass is 16.6. The van der Waals surface area contributed by atoms with E-state index >= 15 is 0 Å². The van der Waals surface area contributed by atoms with E-state index in [1.54, 1.807) is 24.3 Å². The highest BCUT2D eigenvalue weighted by Crippen LogP contribution is 2.24. The molecule has 0 radical (unpaired) electrons. The number of rotatable bonds is 2. The van der Waals surface area contributed by atoms with Gasteiger partial charge < -0.3 is 30.3 Å². The molecule has 0 aliphatic carbocycles. The van der Waals surface area contributed by atoms with Crippen molar-refractivity contribution in [2.24, 2.45) is 0 Å². The summed E-state index contributed by atoms with van der Waals surface area (Å²) in [6, 6.07) is 8.81. The Hall–Kier alpha value is -1.44. The lowest BCUT2D eigenvalue weighted by atomic mass is 9.97. The predicted octanol–water partition coefficient (Wildman–Crippen LogP) is -0.615. The zero-order chi connectivity index (χ0) is 14.0. The summed E-state index contributed by atoms with van der Waals surface area (Å²) in [5.41, 5.74) is 0.672. The molecule has 1 aromatic carbocycles. The van der Waals surface area contributed by atoms with Gasteiger partial charge in [-0.2, -0.15) is 0 Å². The van der Waals surface area contributed by atoms with Gasteiger partial charge in [0.05, 0.1) is 0 Å². The Morgan fingerprint density at radius 2 is 1.58 bits per heavy atom.